The number of nitrogens with zero attached hydrogens (tertiary/aromatic N) is 2. The maximum atomic E-state index is 12.4. The molecule has 5 heteroatoms. The largest absolute Gasteiger partial charge is 0.352 e. The number of carbonyl (C=O) groups is 1. The number of hydrogen-bond donors (Lipinski definition) is 2. The van der Waals surface area contributed by atoms with Gasteiger partial charge >= 0.3 is 0 Å². The Labute approximate surface area is 136 Å². The summed E-state index contributed by atoms with van der Waals surface area (Å²) in [5, 5.41) is 7.24. The van der Waals surface area contributed by atoms with E-state index in [0.29, 0.717) is 6.54 Å². The van der Waals surface area contributed by atoms with Crippen LogP contribution in [0.3, 0.4) is 0 Å². The zero-order chi connectivity index (χ0) is 16.3. The van der Waals surface area contributed by atoms with Crippen molar-refractivity contribution < 1.29 is 4.79 Å². The van der Waals surface area contributed by atoms with Gasteiger partial charge in [0.1, 0.15) is 0 Å². The van der Waals surface area contributed by atoms with E-state index in [4.69, 9.17) is 5.73 Å². The van der Waals surface area contributed by atoms with Gasteiger partial charge in [-0.15, -0.1) is 0 Å². The number of rotatable bonds is 4. The Kier molecular flexibility index (Phi) is 4.48. The Morgan fingerprint density at radius 1 is 1.39 bits per heavy atom. The summed E-state index contributed by atoms with van der Waals surface area (Å²) in [7, 11) is 0. The van der Waals surface area contributed by atoms with Crippen LogP contribution in [0, 0.1) is 5.92 Å². The van der Waals surface area contributed by atoms with Crippen LogP contribution in [0.1, 0.15) is 38.2 Å². The number of carbonyl (C=O) groups excluding carboxylic acids is 1. The van der Waals surface area contributed by atoms with Gasteiger partial charge in [-0.05, 0) is 43.5 Å². The number of aromatic nitrogens is 2. The van der Waals surface area contributed by atoms with E-state index in [1.54, 1.807) is 6.20 Å². The van der Waals surface area contributed by atoms with Gasteiger partial charge in [0.25, 0.3) is 0 Å². The third-order valence-corrected chi connectivity index (χ3v) is 4.74. The molecule has 1 heterocycles. The summed E-state index contributed by atoms with van der Waals surface area (Å²) >= 11 is 0. The first-order valence-electron chi connectivity index (χ1n) is 8.22. The molecule has 1 amide bonds. The van der Waals surface area contributed by atoms with Crippen molar-refractivity contribution in [1.82, 2.24) is 15.1 Å². The lowest BCUT2D eigenvalue weighted by Gasteiger charge is -2.37. The van der Waals surface area contributed by atoms with Crippen LogP contribution < -0.4 is 11.1 Å². The number of nitrogens with one attached hydrogen (secondary N) is 1. The highest BCUT2D eigenvalue weighted by Gasteiger charge is 2.37. The lowest BCUT2D eigenvalue weighted by molar-refractivity contribution is -0.128. The summed E-state index contributed by atoms with van der Waals surface area (Å²) in [6.45, 7) is 2.53. The molecule has 3 N–H and O–H groups in total. The van der Waals surface area contributed by atoms with Gasteiger partial charge in [0.2, 0.25) is 5.91 Å². The molecule has 0 radical (unpaired) electrons. The fourth-order valence-electron chi connectivity index (χ4n) is 3.29. The predicted octanol–water partition coefficient (Wildman–Crippen LogP) is 2.40. The highest BCUT2D eigenvalue weighted by atomic mass is 16.1. The second-order valence-electron chi connectivity index (χ2n) is 6.64. The Bertz CT molecular complexity index is 646. The molecule has 23 heavy (non-hydrogen) atoms. The monoisotopic (exact) mass is 312 g/mol. The average molecular weight is 312 g/mol. The smallest absolute Gasteiger partial charge is 0.225 e. The molecule has 2 unspecified atom stereocenters. The van der Waals surface area contributed by atoms with E-state index in [0.717, 1.165) is 36.9 Å². The fraction of sp³-hybridized carbons (Fsp3) is 0.444. The van der Waals surface area contributed by atoms with Gasteiger partial charge in [0, 0.05) is 24.5 Å². The van der Waals surface area contributed by atoms with Crippen molar-refractivity contribution in [2.45, 2.75) is 44.7 Å². The molecule has 1 aliphatic carbocycles. The van der Waals surface area contributed by atoms with Crippen LogP contribution >= 0.6 is 0 Å². The summed E-state index contributed by atoms with van der Waals surface area (Å²) in [4.78, 5) is 12.4. The molecule has 2 atom stereocenters. The van der Waals surface area contributed by atoms with Gasteiger partial charge in [-0.25, -0.2) is 4.68 Å². The molecular formula is C18H24N4O. The topological polar surface area (TPSA) is 72.9 Å². The fourth-order valence-corrected chi connectivity index (χ4v) is 3.29. The van der Waals surface area contributed by atoms with Crippen LogP contribution in [-0.4, -0.2) is 21.2 Å². The van der Waals surface area contributed by atoms with E-state index in [1.165, 1.54) is 0 Å². The first kappa shape index (κ1) is 15.7. The molecule has 0 spiro atoms. The average Bonchev–Trinajstić information content (AvgIpc) is 3.07. The molecule has 122 valence electrons. The van der Waals surface area contributed by atoms with Crippen LogP contribution in [0.5, 0.6) is 0 Å². The van der Waals surface area contributed by atoms with E-state index in [9.17, 15) is 4.79 Å². The normalized spacial score (nSPS) is 24.3. The third kappa shape index (κ3) is 3.62. The summed E-state index contributed by atoms with van der Waals surface area (Å²) in [6.07, 6.45) is 7.67. The highest BCUT2D eigenvalue weighted by Crippen LogP contribution is 2.31. The minimum atomic E-state index is -0.383. The van der Waals surface area contributed by atoms with E-state index in [2.05, 4.69) is 10.4 Å². The molecule has 1 saturated carbocycles. The van der Waals surface area contributed by atoms with Gasteiger partial charge in [-0.1, -0.05) is 25.0 Å². The summed E-state index contributed by atoms with van der Waals surface area (Å²) in [6, 6.07) is 9.92. The van der Waals surface area contributed by atoms with Crippen molar-refractivity contribution in [2.75, 3.05) is 0 Å². The first-order valence-corrected chi connectivity index (χ1v) is 8.22. The summed E-state index contributed by atoms with van der Waals surface area (Å²) < 4.78 is 1.81. The van der Waals surface area contributed by atoms with Crippen molar-refractivity contribution in [3.63, 3.8) is 0 Å². The molecule has 5 nitrogen and oxygen atoms in total. The van der Waals surface area contributed by atoms with Gasteiger partial charge in [-0.2, -0.15) is 5.10 Å². The Hall–Kier alpha value is -2.14. The van der Waals surface area contributed by atoms with Gasteiger partial charge in [0.05, 0.1) is 11.6 Å². The molecule has 3 rings (SSSR count). The van der Waals surface area contributed by atoms with Gasteiger partial charge < -0.3 is 11.1 Å². The molecule has 1 aromatic heterocycles. The number of benzene rings is 1. The molecule has 1 aromatic carbocycles. The molecule has 1 aliphatic rings. The molecule has 0 saturated heterocycles. The van der Waals surface area contributed by atoms with Crippen molar-refractivity contribution in [3.05, 3.63) is 48.3 Å². The number of nitrogens with two attached hydrogens (primary N) is 1. The summed E-state index contributed by atoms with van der Waals surface area (Å²) in [5.41, 5.74) is 7.99. The van der Waals surface area contributed by atoms with Crippen molar-refractivity contribution in [2.24, 2.45) is 11.7 Å². The zero-order valence-corrected chi connectivity index (χ0v) is 13.5. The highest BCUT2D eigenvalue weighted by molar-refractivity contribution is 5.80. The van der Waals surface area contributed by atoms with E-state index >= 15 is 0 Å². The predicted molar refractivity (Wildman–Crippen MR) is 90.0 cm³/mol. The molecule has 0 aliphatic heterocycles. The molecular weight excluding hydrogens is 288 g/mol. The minimum Gasteiger partial charge on any atom is -0.352 e. The maximum Gasteiger partial charge on any atom is 0.225 e. The first-order chi connectivity index (χ1) is 11.1. The van der Waals surface area contributed by atoms with Gasteiger partial charge in [-0.3, -0.25) is 4.79 Å². The molecule has 2 aromatic rings. The minimum absolute atomic E-state index is 0.0749. The standard InChI is InChI=1S/C18H24N4O/c1-18(19)10-3-2-5-16(18)17(23)20-13-14-6-8-15(9-7-14)22-12-4-11-21-22/h4,6-9,11-12,16H,2-3,5,10,13,19H2,1H3,(H,20,23). The Morgan fingerprint density at radius 2 is 2.17 bits per heavy atom. The number of hydrogen-bond acceptors (Lipinski definition) is 3. The lowest BCUT2D eigenvalue weighted by Crippen LogP contribution is -2.52. The second-order valence-corrected chi connectivity index (χ2v) is 6.64. The van der Waals surface area contributed by atoms with Crippen LogP contribution in [0.2, 0.25) is 0 Å². The lowest BCUT2D eigenvalue weighted by atomic mass is 9.74. The zero-order valence-electron chi connectivity index (χ0n) is 13.5. The van der Waals surface area contributed by atoms with Crippen LogP contribution in [0.15, 0.2) is 42.7 Å². The van der Waals surface area contributed by atoms with Crippen molar-refractivity contribution in [3.8, 4) is 5.69 Å². The third-order valence-electron chi connectivity index (χ3n) is 4.74. The SMILES string of the molecule is CC1(N)CCCCC1C(=O)NCc1ccc(-n2cccn2)cc1. The Morgan fingerprint density at radius 3 is 2.83 bits per heavy atom. The second kappa shape index (κ2) is 6.54. The van der Waals surface area contributed by atoms with E-state index in [-0.39, 0.29) is 17.4 Å². The summed E-state index contributed by atoms with van der Waals surface area (Å²) in [5.74, 6) is -0.00884. The number of amides is 1. The Balaban J connectivity index is 1.58. The maximum absolute atomic E-state index is 12.4. The van der Waals surface area contributed by atoms with Crippen molar-refractivity contribution in [1.29, 1.82) is 0 Å². The van der Waals surface area contributed by atoms with Crippen LogP contribution in [-0.2, 0) is 11.3 Å². The van der Waals surface area contributed by atoms with E-state index in [1.807, 2.05) is 48.1 Å². The molecule has 0 bridgehead atoms. The molecule has 1 fully saturated rings. The van der Waals surface area contributed by atoms with Crippen LogP contribution in [0.4, 0.5) is 0 Å². The van der Waals surface area contributed by atoms with E-state index < -0.39 is 0 Å². The van der Waals surface area contributed by atoms with Gasteiger partial charge in [0.15, 0.2) is 0 Å². The van der Waals surface area contributed by atoms with Crippen LogP contribution in [0.25, 0.3) is 5.69 Å². The quantitative estimate of drug-likeness (QED) is 0.910. The van der Waals surface area contributed by atoms with Crippen molar-refractivity contribution >= 4 is 5.91 Å².